The zero-order valence-electron chi connectivity index (χ0n) is 26.4. The van der Waals surface area contributed by atoms with Crippen molar-refractivity contribution >= 4 is 29.2 Å². The van der Waals surface area contributed by atoms with E-state index in [2.05, 4.69) is 11.9 Å². The number of anilines is 1. The number of carbonyl (C=O) groups is 2. The minimum absolute atomic E-state index is 0.105. The fraction of sp³-hybridized carbons (Fsp3) is 0.576. The summed E-state index contributed by atoms with van der Waals surface area (Å²) in [6.07, 6.45) is 3.82. The summed E-state index contributed by atoms with van der Waals surface area (Å²) >= 11 is 6.71. The van der Waals surface area contributed by atoms with Crippen LogP contribution in [0.5, 0.6) is 0 Å². The van der Waals surface area contributed by atoms with Crippen LogP contribution in [0.2, 0.25) is 5.02 Å². The number of esters is 1. The van der Waals surface area contributed by atoms with E-state index in [0.717, 1.165) is 16.7 Å². The number of methoxy groups -OCH3 is 1. The Balaban J connectivity index is 1.78. The minimum atomic E-state index is -1.50. The highest BCUT2D eigenvalue weighted by Gasteiger charge is 2.64. The number of halogens is 1. The lowest BCUT2D eigenvalue weighted by molar-refractivity contribution is -0.159. The second-order valence-electron chi connectivity index (χ2n) is 12.6. The SMILES string of the molecule is C=C1N[C@]2(O)C[C@H](O1)[C@@H](C)[C@@H]1O[C@@]1(C)[C@@H](OC(=O)C(C)C)CC(=O)N(C)c1cc(cc(C)c1Cl)C/C(C)=C/C=C/[C@H]2OC. The van der Waals surface area contributed by atoms with Crippen LogP contribution in [-0.2, 0) is 35.0 Å². The Hall–Kier alpha value is -2.85. The van der Waals surface area contributed by atoms with Crippen LogP contribution in [0.25, 0.3) is 0 Å². The fourth-order valence-electron chi connectivity index (χ4n) is 6.03. The number of nitrogens with zero attached hydrogens (tertiary/aromatic N) is 1. The number of nitrogens with one attached hydrogen (secondary N) is 1. The number of rotatable bonds is 3. The molecule has 3 aliphatic rings. The van der Waals surface area contributed by atoms with Gasteiger partial charge in [0.1, 0.15) is 23.9 Å². The Bertz CT molecular complexity index is 1330. The van der Waals surface area contributed by atoms with E-state index in [0.29, 0.717) is 17.1 Å². The summed E-state index contributed by atoms with van der Waals surface area (Å²) in [6.45, 7) is 15.1. The van der Waals surface area contributed by atoms with E-state index in [1.165, 1.54) is 12.0 Å². The summed E-state index contributed by atoms with van der Waals surface area (Å²) in [4.78, 5) is 28.1. The predicted octanol–water partition coefficient (Wildman–Crippen LogP) is 4.97. The molecule has 236 valence electrons. The maximum atomic E-state index is 13.8. The van der Waals surface area contributed by atoms with Gasteiger partial charge in [-0.05, 0) is 51.0 Å². The normalized spacial score (nSPS) is 35.3. The number of allylic oxidation sites excluding steroid dienone is 3. The van der Waals surface area contributed by atoms with Crippen LogP contribution in [0.1, 0.15) is 58.6 Å². The van der Waals surface area contributed by atoms with E-state index < -0.39 is 47.6 Å². The van der Waals surface area contributed by atoms with Gasteiger partial charge >= 0.3 is 5.97 Å². The van der Waals surface area contributed by atoms with Crippen LogP contribution in [0, 0.1) is 18.8 Å². The van der Waals surface area contributed by atoms with E-state index in [4.69, 9.17) is 30.5 Å². The van der Waals surface area contributed by atoms with Crippen LogP contribution >= 0.6 is 11.6 Å². The van der Waals surface area contributed by atoms with Crippen LogP contribution in [-0.4, -0.2) is 66.9 Å². The highest BCUT2D eigenvalue weighted by atomic mass is 35.5. The van der Waals surface area contributed by atoms with Gasteiger partial charge in [-0.25, -0.2) is 0 Å². The molecular formula is C33H45ClN2O7. The van der Waals surface area contributed by atoms with Crippen molar-refractivity contribution in [1.82, 2.24) is 5.32 Å². The van der Waals surface area contributed by atoms with Crippen LogP contribution in [0.15, 0.2) is 48.4 Å². The molecule has 0 aromatic heterocycles. The quantitative estimate of drug-likeness (QED) is 0.362. The highest BCUT2D eigenvalue weighted by Crippen LogP contribution is 2.49. The first-order chi connectivity index (χ1) is 20.1. The lowest BCUT2D eigenvalue weighted by Gasteiger charge is -2.44. The van der Waals surface area contributed by atoms with Crippen LogP contribution < -0.4 is 10.2 Å². The van der Waals surface area contributed by atoms with Crippen molar-refractivity contribution in [3.63, 3.8) is 0 Å². The number of hydrogen-bond donors (Lipinski definition) is 2. The molecule has 2 saturated heterocycles. The van der Waals surface area contributed by atoms with Gasteiger partial charge in [-0.2, -0.15) is 0 Å². The standard InChI is InChI=1S/C33H45ClN2O7/c1-18(2)31(38)42-27-16-28(37)36(8)24-15-23(14-20(4)29(24)34)13-19(3)11-10-12-26(40-9)33(39)17-25(41-22(6)35-33)21(5)30-32(27,7)43-30/h10-12,14-15,18,21,25-27,30,35,39H,6,13,16-17H2,1-5,7-9H3/b12-10+,19-11+/t21-,25+,26-,27+,30+,32+,33+/m1/s1. The zero-order valence-corrected chi connectivity index (χ0v) is 27.2. The van der Waals surface area contributed by atoms with Crippen LogP contribution in [0.3, 0.4) is 0 Å². The van der Waals surface area contributed by atoms with Crippen molar-refractivity contribution in [2.75, 3.05) is 19.1 Å². The molecule has 1 amide bonds. The van der Waals surface area contributed by atoms with Gasteiger partial charge in [-0.15, -0.1) is 0 Å². The average Bonchev–Trinajstić information content (AvgIpc) is 3.62. The number of amides is 1. The topological polar surface area (TPSA) is 110 Å². The van der Waals surface area contributed by atoms with E-state index in [1.54, 1.807) is 27.0 Å². The minimum Gasteiger partial charge on any atom is -0.476 e. The second-order valence-corrected chi connectivity index (χ2v) is 13.0. The van der Waals surface area contributed by atoms with Crippen molar-refractivity contribution in [3.8, 4) is 0 Å². The summed E-state index contributed by atoms with van der Waals surface area (Å²) < 4.78 is 23.9. The van der Waals surface area contributed by atoms with Gasteiger partial charge in [-0.1, -0.05) is 62.2 Å². The third-order valence-electron chi connectivity index (χ3n) is 8.75. The number of epoxide rings is 1. The maximum absolute atomic E-state index is 13.8. The zero-order chi connectivity index (χ0) is 31.9. The first kappa shape index (κ1) is 33.1. The van der Waals surface area contributed by atoms with Gasteiger partial charge in [0.15, 0.2) is 11.6 Å². The molecule has 0 unspecified atom stereocenters. The monoisotopic (exact) mass is 616 g/mol. The first-order valence-corrected chi connectivity index (χ1v) is 15.1. The molecule has 2 fully saturated rings. The molecular weight excluding hydrogens is 572 g/mol. The summed E-state index contributed by atoms with van der Waals surface area (Å²) in [5.74, 6) is -1.12. The van der Waals surface area contributed by atoms with Crippen molar-refractivity contribution in [1.29, 1.82) is 0 Å². The molecule has 0 saturated carbocycles. The summed E-state index contributed by atoms with van der Waals surface area (Å²) in [7, 11) is 3.22. The van der Waals surface area contributed by atoms with Crippen LogP contribution in [0.4, 0.5) is 5.69 Å². The number of ether oxygens (including phenoxy) is 4. The molecule has 0 aliphatic carbocycles. The summed E-state index contributed by atoms with van der Waals surface area (Å²) in [6, 6.07) is 3.92. The van der Waals surface area contributed by atoms with E-state index in [9.17, 15) is 14.7 Å². The van der Waals surface area contributed by atoms with Crippen molar-refractivity contribution in [2.45, 2.75) is 96.5 Å². The number of fused-ring (bicyclic) bond motifs is 5. The molecule has 4 bridgehead atoms. The summed E-state index contributed by atoms with van der Waals surface area (Å²) in [5, 5.41) is 15.2. The van der Waals surface area contributed by atoms with Crippen molar-refractivity contribution in [2.24, 2.45) is 11.8 Å². The Morgan fingerprint density at radius 2 is 2.00 bits per heavy atom. The molecule has 1 aromatic rings. The van der Waals surface area contributed by atoms with E-state index in [1.807, 2.05) is 52.0 Å². The van der Waals surface area contributed by atoms with Crippen molar-refractivity contribution < 1.29 is 33.6 Å². The van der Waals surface area contributed by atoms with Gasteiger partial charge < -0.3 is 34.3 Å². The molecule has 9 nitrogen and oxygen atoms in total. The smallest absolute Gasteiger partial charge is 0.308 e. The third kappa shape index (κ3) is 6.95. The van der Waals surface area contributed by atoms with Gasteiger partial charge in [-0.3, -0.25) is 9.59 Å². The van der Waals surface area contributed by atoms with Crippen molar-refractivity contribution in [3.05, 3.63) is 64.5 Å². The molecule has 7 atom stereocenters. The average molecular weight is 617 g/mol. The molecule has 1 aromatic carbocycles. The number of carbonyl (C=O) groups excluding carboxylic acids is 2. The number of aliphatic hydroxyl groups is 1. The van der Waals surface area contributed by atoms with Gasteiger partial charge in [0.2, 0.25) is 5.91 Å². The maximum Gasteiger partial charge on any atom is 0.308 e. The second kappa shape index (κ2) is 12.6. The molecule has 4 rings (SSSR count). The van der Waals surface area contributed by atoms with Gasteiger partial charge in [0, 0.05) is 26.5 Å². The Morgan fingerprint density at radius 1 is 1.30 bits per heavy atom. The highest BCUT2D eigenvalue weighted by molar-refractivity contribution is 6.34. The molecule has 0 spiro atoms. The molecule has 3 aliphatic heterocycles. The van der Waals surface area contributed by atoms with E-state index >= 15 is 0 Å². The number of hydrogen-bond acceptors (Lipinski definition) is 8. The largest absolute Gasteiger partial charge is 0.476 e. The molecule has 43 heavy (non-hydrogen) atoms. The lowest BCUT2D eigenvalue weighted by atomic mass is 9.83. The number of aryl methyl sites for hydroxylation is 1. The first-order valence-electron chi connectivity index (χ1n) is 14.8. The molecule has 3 heterocycles. The summed E-state index contributed by atoms with van der Waals surface area (Å²) in [5.41, 5.74) is 1.01. The van der Waals surface area contributed by atoms with E-state index in [-0.39, 0.29) is 30.5 Å². The predicted molar refractivity (Wildman–Crippen MR) is 165 cm³/mol. The fourth-order valence-corrected chi connectivity index (χ4v) is 6.26. The Labute approximate surface area is 259 Å². The number of benzene rings is 1. The lowest BCUT2D eigenvalue weighted by Crippen LogP contribution is -2.60. The Morgan fingerprint density at radius 3 is 2.65 bits per heavy atom. The molecule has 2 N–H and O–H groups in total. The van der Waals surface area contributed by atoms with Gasteiger partial charge in [0.25, 0.3) is 0 Å². The molecule has 10 heteroatoms. The molecule has 0 radical (unpaired) electrons. The third-order valence-corrected chi connectivity index (χ3v) is 9.24. The van der Waals surface area contributed by atoms with Gasteiger partial charge in [0.05, 0.1) is 29.2 Å². The Kier molecular flexibility index (Phi) is 9.71.